The lowest BCUT2D eigenvalue weighted by molar-refractivity contribution is -0.138. The van der Waals surface area contributed by atoms with Gasteiger partial charge in [-0.25, -0.2) is 19.7 Å². The van der Waals surface area contributed by atoms with Gasteiger partial charge in [-0.05, 0) is 81.9 Å². The van der Waals surface area contributed by atoms with Gasteiger partial charge in [-0.3, -0.25) is 0 Å². The number of anilines is 2. The molecule has 0 saturated carbocycles. The lowest BCUT2D eigenvalue weighted by Crippen LogP contribution is -2.33. The Morgan fingerprint density at radius 1 is 1.08 bits per heavy atom. The van der Waals surface area contributed by atoms with Crippen molar-refractivity contribution in [1.82, 2.24) is 19.9 Å². The van der Waals surface area contributed by atoms with Crippen LogP contribution in [0.3, 0.4) is 0 Å². The molecule has 1 atom stereocenters. The van der Waals surface area contributed by atoms with E-state index >= 15 is 0 Å². The van der Waals surface area contributed by atoms with E-state index in [9.17, 15) is 4.79 Å². The van der Waals surface area contributed by atoms with Crippen LogP contribution >= 0.6 is 0 Å². The minimum Gasteiger partial charge on any atom is -0.480 e. The summed E-state index contributed by atoms with van der Waals surface area (Å²) in [6.45, 7) is 4.43. The second kappa shape index (κ2) is 13.1. The molecule has 2 aromatic heterocycles. The SMILES string of the molecule is O=C(O)C(CO)Nc1ncnc2ccccc12.c1cc2c(nc1CCCN1CCCCC1)NCCC2. The molecule has 4 N–H and O–H groups in total. The molecule has 2 aliphatic heterocycles. The summed E-state index contributed by atoms with van der Waals surface area (Å²) >= 11 is 0. The smallest absolute Gasteiger partial charge is 0.328 e. The van der Waals surface area contributed by atoms with Crippen LogP contribution < -0.4 is 10.6 Å². The minimum absolute atomic E-state index is 0.400. The molecule has 1 fully saturated rings. The molecule has 0 radical (unpaired) electrons. The maximum atomic E-state index is 10.8. The average Bonchev–Trinajstić information content (AvgIpc) is 2.92. The van der Waals surface area contributed by atoms with E-state index in [4.69, 9.17) is 15.2 Å². The Labute approximate surface area is 212 Å². The van der Waals surface area contributed by atoms with E-state index in [1.54, 1.807) is 12.1 Å². The van der Waals surface area contributed by atoms with Crippen LogP contribution in [-0.2, 0) is 17.6 Å². The molecule has 1 unspecified atom stereocenters. The van der Waals surface area contributed by atoms with Crippen molar-refractivity contribution in [3.8, 4) is 0 Å². The van der Waals surface area contributed by atoms with Crippen molar-refractivity contribution < 1.29 is 15.0 Å². The molecule has 2 aliphatic rings. The molecule has 0 aliphatic carbocycles. The number of carboxylic acid groups (broad SMARTS) is 1. The van der Waals surface area contributed by atoms with Crippen molar-refractivity contribution in [1.29, 1.82) is 0 Å². The van der Waals surface area contributed by atoms with Gasteiger partial charge in [-0.1, -0.05) is 24.6 Å². The Morgan fingerprint density at radius 2 is 1.92 bits per heavy atom. The molecule has 4 heterocycles. The van der Waals surface area contributed by atoms with Crippen LogP contribution in [0.5, 0.6) is 0 Å². The number of carbonyl (C=O) groups is 1. The zero-order chi connectivity index (χ0) is 25.2. The number of benzene rings is 1. The number of aliphatic carboxylic acids is 1. The molecule has 9 heteroatoms. The number of pyridine rings is 1. The van der Waals surface area contributed by atoms with Gasteiger partial charge in [-0.2, -0.15) is 0 Å². The van der Waals surface area contributed by atoms with Gasteiger partial charge in [0.25, 0.3) is 0 Å². The predicted molar refractivity (Wildman–Crippen MR) is 141 cm³/mol. The summed E-state index contributed by atoms with van der Waals surface area (Å²) in [5, 5.41) is 24.6. The number of likely N-dealkylation sites (tertiary alicyclic amines) is 1. The van der Waals surface area contributed by atoms with E-state index in [0.717, 1.165) is 24.2 Å². The highest BCUT2D eigenvalue weighted by Crippen LogP contribution is 2.21. The third kappa shape index (κ3) is 7.11. The highest BCUT2D eigenvalue weighted by Gasteiger charge is 2.17. The quantitative estimate of drug-likeness (QED) is 0.375. The standard InChI is InChI=1S/C16H25N3.C11H11N3O3/c1-2-11-19(12-3-1)13-5-7-15-9-8-14-6-4-10-17-16(14)18-15;15-5-9(11(16)17)14-10-7-3-1-2-4-8(7)12-6-13-10/h8-9H,1-7,10-13H2,(H,17,18);1-4,6,9,15H,5H2,(H,16,17)(H,12,13,14). The number of aliphatic hydroxyl groups excluding tert-OH is 1. The molecule has 0 bridgehead atoms. The number of carboxylic acids is 1. The van der Waals surface area contributed by atoms with E-state index in [1.807, 2.05) is 12.1 Å². The van der Waals surface area contributed by atoms with Gasteiger partial charge in [-0.15, -0.1) is 0 Å². The largest absolute Gasteiger partial charge is 0.480 e. The monoisotopic (exact) mass is 492 g/mol. The number of aromatic nitrogens is 3. The summed E-state index contributed by atoms with van der Waals surface area (Å²) < 4.78 is 0. The Bertz CT molecular complexity index is 1130. The first-order chi connectivity index (χ1) is 17.6. The first kappa shape index (κ1) is 25.8. The van der Waals surface area contributed by atoms with Crippen molar-refractivity contribution in [3.05, 3.63) is 54.0 Å². The highest BCUT2D eigenvalue weighted by molar-refractivity contribution is 5.90. The number of fused-ring (bicyclic) bond motifs is 2. The fourth-order valence-electron chi connectivity index (χ4n) is 4.65. The molecule has 1 aromatic carbocycles. The Balaban J connectivity index is 0.000000170. The topological polar surface area (TPSA) is 124 Å². The molecule has 192 valence electrons. The molecule has 0 amide bonds. The zero-order valence-electron chi connectivity index (χ0n) is 20.7. The molecule has 1 saturated heterocycles. The summed E-state index contributed by atoms with van der Waals surface area (Å²) in [6, 6.07) is 10.6. The van der Waals surface area contributed by atoms with E-state index in [1.165, 1.54) is 75.7 Å². The molecule has 9 nitrogen and oxygen atoms in total. The number of hydrogen-bond acceptors (Lipinski definition) is 8. The van der Waals surface area contributed by atoms with Crippen LogP contribution in [0.1, 0.15) is 43.4 Å². The first-order valence-electron chi connectivity index (χ1n) is 12.9. The van der Waals surface area contributed by atoms with Crippen molar-refractivity contribution in [2.75, 3.05) is 43.4 Å². The van der Waals surface area contributed by atoms with E-state index in [2.05, 4.69) is 37.6 Å². The third-order valence-electron chi connectivity index (χ3n) is 6.64. The summed E-state index contributed by atoms with van der Waals surface area (Å²) in [7, 11) is 0. The maximum Gasteiger partial charge on any atom is 0.328 e. The van der Waals surface area contributed by atoms with Gasteiger partial charge >= 0.3 is 5.97 Å². The average molecular weight is 493 g/mol. The highest BCUT2D eigenvalue weighted by atomic mass is 16.4. The van der Waals surface area contributed by atoms with Gasteiger partial charge < -0.3 is 25.7 Å². The van der Waals surface area contributed by atoms with E-state index < -0.39 is 18.6 Å². The summed E-state index contributed by atoms with van der Waals surface area (Å²) in [4.78, 5) is 26.2. The molecule has 36 heavy (non-hydrogen) atoms. The van der Waals surface area contributed by atoms with Crippen molar-refractivity contribution in [2.45, 2.75) is 51.0 Å². The lowest BCUT2D eigenvalue weighted by Gasteiger charge is -2.26. The molecule has 5 rings (SSSR count). The maximum absolute atomic E-state index is 10.8. The number of nitrogens with zero attached hydrogens (tertiary/aromatic N) is 4. The number of aryl methyl sites for hydroxylation is 2. The Kier molecular flexibility index (Phi) is 9.40. The van der Waals surface area contributed by atoms with Gasteiger partial charge in [0.05, 0.1) is 12.1 Å². The fourth-order valence-corrected chi connectivity index (χ4v) is 4.65. The van der Waals surface area contributed by atoms with Gasteiger partial charge in [0, 0.05) is 17.6 Å². The lowest BCUT2D eigenvalue weighted by atomic mass is 10.1. The number of piperidine rings is 1. The fraction of sp³-hybridized carbons (Fsp3) is 0.481. The predicted octanol–water partition coefficient (Wildman–Crippen LogP) is 3.35. The van der Waals surface area contributed by atoms with Crippen LogP contribution in [0, 0.1) is 0 Å². The van der Waals surface area contributed by atoms with Crippen LogP contribution in [0.15, 0.2) is 42.7 Å². The van der Waals surface area contributed by atoms with Crippen LogP contribution in [0.2, 0.25) is 0 Å². The Hall–Kier alpha value is -3.30. The number of para-hydroxylation sites is 1. The molecule has 0 spiro atoms. The normalized spacial score (nSPS) is 16.2. The van der Waals surface area contributed by atoms with Crippen molar-refractivity contribution >= 4 is 28.5 Å². The van der Waals surface area contributed by atoms with Gasteiger partial charge in [0.2, 0.25) is 0 Å². The zero-order valence-corrected chi connectivity index (χ0v) is 20.7. The van der Waals surface area contributed by atoms with E-state index in [-0.39, 0.29) is 0 Å². The van der Waals surface area contributed by atoms with Gasteiger partial charge in [0.15, 0.2) is 0 Å². The first-order valence-corrected chi connectivity index (χ1v) is 12.9. The minimum atomic E-state index is -1.13. The molecule has 3 aromatic rings. The second-order valence-corrected chi connectivity index (χ2v) is 9.30. The summed E-state index contributed by atoms with van der Waals surface area (Å²) in [6.07, 6.45) is 10.3. The van der Waals surface area contributed by atoms with Crippen molar-refractivity contribution in [3.63, 3.8) is 0 Å². The van der Waals surface area contributed by atoms with Crippen molar-refractivity contribution in [2.24, 2.45) is 0 Å². The number of aliphatic hydroxyl groups is 1. The van der Waals surface area contributed by atoms with Crippen LogP contribution in [-0.4, -0.2) is 74.9 Å². The van der Waals surface area contributed by atoms with E-state index in [0.29, 0.717) is 11.3 Å². The Morgan fingerprint density at radius 3 is 2.72 bits per heavy atom. The number of nitrogens with one attached hydrogen (secondary N) is 2. The number of rotatable bonds is 8. The second-order valence-electron chi connectivity index (χ2n) is 9.30. The van der Waals surface area contributed by atoms with Crippen LogP contribution in [0.25, 0.3) is 10.9 Å². The van der Waals surface area contributed by atoms with Gasteiger partial charge in [0.1, 0.15) is 24.0 Å². The summed E-state index contributed by atoms with van der Waals surface area (Å²) in [5.74, 6) is 0.411. The summed E-state index contributed by atoms with van der Waals surface area (Å²) in [5.41, 5.74) is 3.36. The van der Waals surface area contributed by atoms with Crippen LogP contribution in [0.4, 0.5) is 11.6 Å². The molecular formula is C27H36N6O3. The number of hydrogen-bond donors (Lipinski definition) is 4. The third-order valence-corrected chi connectivity index (χ3v) is 6.64. The molecular weight excluding hydrogens is 456 g/mol.